The van der Waals surface area contributed by atoms with Crippen molar-refractivity contribution >= 4 is 55.1 Å². The Morgan fingerprint density at radius 3 is 2.41 bits per heavy atom. The normalized spacial score (nSPS) is 13.1. The average Bonchev–Trinajstić information content (AvgIpc) is 2.76. The first-order chi connectivity index (χ1) is 15.8. The van der Waals surface area contributed by atoms with Crippen molar-refractivity contribution in [3.05, 3.63) is 63.1 Å². The Morgan fingerprint density at radius 2 is 1.82 bits per heavy atom. The quantitative estimate of drug-likeness (QED) is 0.454. The van der Waals surface area contributed by atoms with Gasteiger partial charge in [0.25, 0.3) is 0 Å². The van der Waals surface area contributed by atoms with E-state index < -0.39 is 28.5 Å². The fourth-order valence-electron chi connectivity index (χ4n) is 3.33. The van der Waals surface area contributed by atoms with Crippen molar-refractivity contribution in [2.24, 2.45) is 0 Å². The molecule has 0 unspecified atom stereocenters. The number of nitrogens with one attached hydrogen (secondary N) is 1. The Labute approximate surface area is 215 Å². The van der Waals surface area contributed by atoms with Crippen LogP contribution in [0.3, 0.4) is 0 Å². The van der Waals surface area contributed by atoms with Crippen LogP contribution in [0.4, 0.5) is 5.69 Å². The van der Waals surface area contributed by atoms with Gasteiger partial charge in [0.15, 0.2) is 0 Å². The van der Waals surface area contributed by atoms with Gasteiger partial charge in [-0.2, -0.15) is 0 Å². The molecule has 2 atom stereocenters. The molecule has 0 bridgehead atoms. The Balaban J connectivity index is 2.43. The largest absolute Gasteiger partial charge is 0.352 e. The Hall–Kier alpha value is -2.10. The second kappa shape index (κ2) is 12.0. The molecule has 0 aliphatic heterocycles. The zero-order valence-corrected chi connectivity index (χ0v) is 23.2. The number of hydrogen-bond acceptors (Lipinski definition) is 4. The van der Waals surface area contributed by atoms with Gasteiger partial charge in [-0.05, 0) is 62.6 Å². The first-order valence-corrected chi connectivity index (χ1v) is 13.9. The standard InChI is InChI=1S/C24H31BrClN3O4S/c1-6-17(3)27-24(31)18(4)28(14-19-8-7-9-20(25)12-19)23(30)15-29(34(5,32)33)22-13-21(26)11-10-16(22)2/h7-13,17-18H,6,14-15H2,1-5H3,(H,27,31)/t17-,18+/m1/s1. The highest BCUT2D eigenvalue weighted by atomic mass is 79.9. The summed E-state index contributed by atoms with van der Waals surface area (Å²) in [5.41, 5.74) is 1.78. The molecule has 0 saturated heterocycles. The Bertz CT molecular complexity index is 1140. The number of rotatable bonds is 10. The van der Waals surface area contributed by atoms with Gasteiger partial charge in [0.05, 0.1) is 11.9 Å². The van der Waals surface area contributed by atoms with Gasteiger partial charge in [0.1, 0.15) is 12.6 Å². The van der Waals surface area contributed by atoms with E-state index in [0.717, 1.165) is 27.0 Å². The van der Waals surface area contributed by atoms with Crippen molar-refractivity contribution < 1.29 is 18.0 Å². The van der Waals surface area contributed by atoms with Crippen LogP contribution in [0.2, 0.25) is 5.02 Å². The smallest absolute Gasteiger partial charge is 0.244 e. The van der Waals surface area contributed by atoms with Crippen LogP contribution in [-0.4, -0.2) is 50.0 Å². The molecular formula is C24H31BrClN3O4S. The van der Waals surface area contributed by atoms with Crippen LogP contribution in [-0.2, 0) is 26.2 Å². The van der Waals surface area contributed by atoms with Gasteiger partial charge in [-0.25, -0.2) is 8.42 Å². The van der Waals surface area contributed by atoms with Crippen LogP contribution in [0, 0.1) is 6.92 Å². The number of amides is 2. The Morgan fingerprint density at radius 1 is 1.15 bits per heavy atom. The molecule has 10 heteroatoms. The third-order valence-corrected chi connectivity index (χ3v) is 7.38. The van der Waals surface area contributed by atoms with E-state index in [1.54, 1.807) is 26.0 Å². The summed E-state index contributed by atoms with van der Waals surface area (Å²) in [5, 5.41) is 3.26. The van der Waals surface area contributed by atoms with Crippen molar-refractivity contribution in [2.75, 3.05) is 17.1 Å². The molecule has 0 aliphatic rings. The summed E-state index contributed by atoms with van der Waals surface area (Å²) in [4.78, 5) is 27.9. The minimum Gasteiger partial charge on any atom is -0.352 e. The highest BCUT2D eigenvalue weighted by Crippen LogP contribution is 2.27. The van der Waals surface area contributed by atoms with Crippen molar-refractivity contribution in [2.45, 2.75) is 52.7 Å². The molecule has 0 fully saturated rings. The number of nitrogens with zero attached hydrogens (tertiary/aromatic N) is 2. The number of carbonyl (C=O) groups is 2. The molecule has 0 saturated carbocycles. The lowest BCUT2D eigenvalue weighted by atomic mass is 10.1. The number of hydrogen-bond donors (Lipinski definition) is 1. The summed E-state index contributed by atoms with van der Waals surface area (Å²) < 4.78 is 27.2. The van der Waals surface area contributed by atoms with E-state index in [2.05, 4.69) is 21.2 Å². The zero-order chi connectivity index (χ0) is 25.6. The third-order valence-electron chi connectivity index (χ3n) is 5.53. The van der Waals surface area contributed by atoms with Crippen molar-refractivity contribution in [1.82, 2.24) is 10.2 Å². The fraction of sp³-hybridized carbons (Fsp3) is 0.417. The molecule has 2 aromatic carbocycles. The third kappa shape index (κ3) is 7.71. The number of aryl methyl sites for hydroxylation is 1. The monoisotopic (exact) mass is 571 g/mol. The molecule has 7 nitrogen and oxygen atoms in total. The van der Waals surface area contributed by atoms with Crippen LogP contribution in [0.15, 0.2) is 46.9 Å². The van der Waals surface area contributed by atoms with Gasteiger partial charge >= 0.3 is 0 Å². The summed E-state index contributed by atoms with van der Waals surface area (Å²) in [7, 11) is -3.82. The lowest BCUT2D eigenvalue weighted by molar-refractivity contribution is -0.139. The molecule has 2 aromatic rings. The molecule has 0 aliphatic carbocycles. The molecule has 2 rings (SSSR count). The van der Waals surface area contributed by atoms with E-state index in [9.17, 15) is 18.0 Å². The summed E-state index contributed by atoms with van der Waals surface area (Å²) >= 11 is 9.54. The SMILES string of the molecule is CC[C@@H](C)NC(=O)[C@H](C)N(Cc1cccc(Br)c1)C(=O)CN(c1cc(Cl)ccc1C)S(C)(=O)=O. The van der Waals surface area contributed by atoms with Crippen LogP contribution in [0.1, 0.15) is 38.3 Å². The van der Waals surface area contributed by atoms with Crippen molar-refractivity contribution in [3.63, 3.8) is 0 Å². The van der Waals surface area contributed by atoms with Crippen molar-refractivity contribution in [1.29, 1.82) is 0 Å². The maximum absolute atomic E-state index is 13.6. The van der Waals surface area contributed by atoms with Gasteiger partial charge in [0, 0.05) is 22.1 Å². The second-order valence-electron chi connectivity index (χ2n) is 8.35. The number of benzene rings is 2. The van der Waals surface area contributed by atoms with E-state index >= 15 is 0 Å². The van der Waals surface area contributed by atoms with Crippen LogP contribution >= 0.6 is 27.5 Å². The zero-order valence-electron chi connectivity index (χ0n) is 20.0. The maximum atomic E-state index is 13.6. The molecule has 2 amide bonds. The predicted molar refractivity (Wildman–Crippen MR) is 140 cm³/mol. The average molecular weight is 573 g/mol. The summed E-state index contributed by atoms with van der Waals surface area (Å²) in [6.45, 7) is 6.91. The first kappa shape index (κ1) is 28.1. The molecule has 1 N–H and O–H groups in total. The van der Waals surface area contributed by atoms with E-state index in [1.807, 2.05) is 38.1 Å². The lowest BCUT2D eigenvalue weighted by Crippen LogP contribution is -2.52. The molecule has 0 aromatic heterocycles. The molecular weight excluding hydrogens is 542 g/mol. The summed E-state index contributed by atoms with van der Waals surface area (Å²) in [5.74, 6) is -0.806. The first-order valence-electron chi connectivity index (χ1n) is 10.9. The van der Waals surface area contributed by atoms with Gasteiger partial charge in [-0.15, -0.1) is 0 Å². The molecule has 186 valence electrons. The van der Waals surface area contributed by atoms with E-state index in [4.69, 9.17) is 11.6 Å². The number of anilines is 1. The Kier molecular flexibility index (Phi) is 9.96. The fourth-order valence-corrected chi connectivity index (χ4v) is 4.84. The predicted octanol–water partition coefficient (Wildman–Crippen LogP) is 4.51. The van der Waals surface area contributed by atoms with E-state index in [1.165, 1.54) is 11.0 Å². The second-order valence-corrected chi connectivity index (χ2v) is 11.6. The molecule has 0 spiro atoms. The lowest BCUT2D eigenvalue weighted by Gasteiger charge is -2.32. The topological polar surface area (TPSA) is 86.8 Å². The van der Waals surface area contributed by atoms with Crippen LogP contribution < -0.4 is 9.62 Å². The number of carbonyl (C=O) groups excluding carboxylic acids is 2. The highest BCUT2D eigenvalue weighted by molar-refractivity contribution is 9.10. The van der Waals surface area contributed by atoms with Crippen molar-refractivity contribution in [3.8, 4) is 0 Å². The molecule has 0 heterocycles. The minimum atomic E-state index is -3.82. The highest BCUT2D eigenvalue weighted by Gasteiger charge is 2.31. The van der Waals surface area contributed by atoms with E-state index in [-0.39, 0.29) is 18.5 Å². The van der Waals surface area contributed by atoms with Crippen LogP contribution in [0.5, 0.6) is 0 Å². The van der Waals surface area contributed by atoms with E-state index in [0.29, 0.717) is 16.3 Å². The summed E-state index contributed by atoms with van der Waals surface area (Å²) in [6, 6.07) is 11.4. The van der Waals surface area contributed by atoms with Gasteiger partial charge in [0.2, 0.25) is 21.8 Å². The molecule has 34 heavy (non-hydrogen) atoms. The minimum absolute atomic E-state index is 0.0561. The maximum Gasteiger partial charge on any atom is 0.244 e. The molecule has 0 radical (unpaired) electrons. The number of halogens is 2. The summed E-state index contributed by atoms with van der Waals surface area (Å²) in [6.07, 6.45) is 1.78. The van der Waals surface area contributed by atoms with Gasteiger partial charge in [-0.1, -0.05) is 52.7 Å². The van der Waals surface area contributed by atoms with Crippen LogP contribution in [0.25, 0.3) is 0 Å². The number of sulfonamides is 1. The van der Waals surface area contributed by atoms with Gasteiger partial charge in [-0.3, -0.25) is 13.9 Å². The van der Waals surface area contributed by atoms with Gasteiger partial charge < -0.3 is 10.2 Å².